The first-order valence-electron chi connectivity index (χ1n) is 16.3. The highest BCUT2D eigenvalue weighted by molar-refractivity contribution is 5.98. The van der Waals surface area contributed by atoms with Crippen LogP contribution in [0.5, 0.6) is 28.7 Å². The molecule has 0 heterocycles. The molecule has 250 valence electrons. The molecule has 3 N–H and O–H groups in total. The third-order valence-electron chi connectivity index (χ3n) is 8.84. The van der Waals surface area contributed by atoms with E-state index in [1.54, 1.807) is 31.4 Å². The maximum Gasteiger partial charge on any atom is 0.265 e. The van der Waals surface area contributed by atoms with Gasteiger partial charge in [-0.1, -0.05) is 73.4 Å². The summed E-state index contributed by atoms with van der Waals surface area (Å²) < 4.78 is 18.0. The quantitative estimate of drug-likeness (QED) is 0.107. The van der Waals surface area contributed by atoms with Gasteiger partial charge in [0, 0.05) is 24.6 Å². The average molecular weight is 633 g/mol. The third kappa shape index (κ3) is 9.41. The summed E-state index contributed by atoms with van der Waals surface area (Å²) in [6.45, 7) is 16.7. The molecule has 0 aliphatic rings. The van der Waals surface area contributed by atoms with Gasteiger partial charge < -0.3 is 30.0 Å². The number of amides is 2. The van der Waals surface area contributed by atoms with Crippen LogP contribution in [0.1, 0.15) is 105 Å². The molecule has 1 atom stereocenters. The zero-order valence-electron chi connectivity index (χ0n) is 29.0. The highest BCUT2D eigenvalue weighted by Crippen LogP contribution is 2.41. The number of nitrogens with one attached hydrogen (secondary N) is 2. The van der Waals surface area contributed by atoms with E-state index in [0.29, 0.717) is 23.7 Å². The van der Waals surface area contributed by atoms with Gasteiger partial charge in [-0.3, -0.25) is 9.59 Å². The van der Waals surface area contributed by atoms with Crippen molar-refractivity contribution in [2.45, 2.75) is 111 Å². The first kappa shape index (κ1) is 36.3. The van der Waals surface area contributed by atoms with Crippen molar-refractivity contribution in [2.24, 2.45) is 0 Å². The molecule has 0 radical (unpaired) electrons. The second-order valence-electron chi connectivity index (χ2n) is 13.1. The second-order valence-corrected chi connectivity index (χ2v) is 13.1. The highest BCUT2D eigenvalue weighted by Gasteiger charge is 2.30. The summed E-state index contributed by atoms with van der Waals surface area (Å²) in [5.41, 5.74) is 2.53. The molecule has 2 amide bonds. The summed E-state index contributed by atoms with van der Waals surface area (Å²) >= 11 is 0. The number of benzene rings is 3. The van der Waals surface area contributed by atoms with Gasteiger partial charge in [0.25, 0.3) is 5.91 Å². The lowest BCUT2D eigenvalue weighted by atomic mass is 9.76. The van der Waals surface area contributed by atoms with E-state index < -0.39 is 6.10 Å². The number of carbonyl (C=O) groups excluding carboxylic acids is 2. The smallest absolute Gasteiger partial charge is 0.265 e. The average Bonchev–Trinajstić information content (AvgIpc) is 3.02. The number of aromatic hydroxyl groups is 1. The van der Waals surface area contributed by atoms with Gasteiger partial charge in [0.2, 0.25) is 5.91 Å². The van der Waals surface area contributed by atoms with E-state index >= 15 is 0 Å². The van der Waals surface area contributed by atoms with E-state index in [2.05, 4.69) is 71.2 Å². The molecule has 0 aromatic heterocycles. The highest BCUT2D eigenvalue weighted by atomic mass is 16.5. The molecule has 3 rings (SSSR count). The Morgan fingerprint density at radius 3 is 2.04 bits per heavy atom. The summed E-state index contributed by atoms with van der Waals surface area (Å²) in [5.74, 6) is 1.15. The van der Waals surface area contributed by atoms with Crippen molar-refractivity contribution in [1.82, 2.24) is 0 Å². The molecule has 0 spiro atoms. The first-order chi connectivity index (χ1) is 21.7. The summed E-state index contributed by atoms with van der Waals surface area (Å²) in [6.07, 6.45) is 4.38. The molecular formula is C38H52N2O6. The van der Waals surface area contributed by atoms with Crippen molar-refractivity contribution in [2.75, 3.05) is 17.7 Å². The van der Waals surface area contributed by atoms with Gasteiger partial charge in [-0.05, 0) is 72.4 Å². The predicted octanol–water partition coefficient (Wildman–Crippen LogP) is 9.49. The van der Waals surface area contributed by atoms with Crippen molar-refractivity contribution < 1.29 is 28.9 Å². The number of hydrogen-bond donors (Lipinski definition) is 3. The number of rotatable bonds is 16. The van der Waals surface area contributed by atoms with Crippen LogP contribution in [0.2, 0.25) is 0 Å². The summed E-state index contributed by atoms with van der Waals surface area (Å²) in [7, 11) is 1.58. The molecule has 0 aliphatic carbocycles. The predicted molar refractivity (Wildman–Crippen MR) is 186 cm³/mol. The Bertz CT molecular complexity index is 1480. The molecular weight excluding hydrogens is 580 g/mol. The number of phenolic OH excluding ortho intramolecular Hbond substituents is 1. The molecule has 0 fully saturated rings. The van der Waals surface area contributed by atoms with Crippen LogP contribution in [0, 0.1) is 0 Å². The van der Waals surface area contributed by atoms with Crippen molar-refractivity contribution >= 4 is 23.2 Å². The molecule has 0 bridgehead atoms. The van der Waals surface area contributed by atoms with Crippen molar-refractivity contribution in [1.29, 1.82) is 0 Å². The normalized spacial score (nSPS) is 12.3. The molecule has 1 unspecified atom stereocenters. The lowest BCUT2D eigenvalue weighted by Gasteiger charge is -2.31. The van der Waals surface area contributed by atoms with Crippen molar-refractivity contribution in [3.8, 4) is 28.7 Å². The molecule has 46 heavy (non-hydrogen) atoms. The second kappa shape index (κ2) is 15.9. The van der Waals surface area contributed by atoms with Gasteiger partial charge in [0.05, 0.1) is 18.5 Å². The van der Waals surface area contributed by atoms with Gasteiger partial charge in [0.1, 0.15) is 23.0 Å². The Morgan fingerprint density at radius 1 is 0.804 bits per heavy atom. The Hall–Kier alpha value is -4.20. The Kier molecular flexibility index (Phi) is 12.5. The Morgan fingerprint density at radius 2 is 1.46 bits per heavy atom. The van der Waals surface area contributed by atoms with Crippen molar-refractivity contribution in [3.05, 3.63) is 65.7 Å². The van der Waals surface area contributed by atoms with Crippen LogP contribution in [0.25, 0.3) is 0 Å². The van der Waals surface area contributed by atoms with Crippen molar-refractivity contribution in [3.63, 3.8) is 0 Å². The van der Waals surface area contributed by atoms with Crippen LogP contribution in [0.3, 0.4) is 0 Å². The standard InChI is InChI=1S/C38H52N2O6/c1-10-13-14-15-34(46-33-21-16-26(37(5,6)11-2)22-29(33)38(7,8)12-3)36(43)40-31-23-32(42)30(39-25(4)41)24-35(31)45-28-19-17-27(44-9)18-20-28/h16-24,34,42H,10-15H2,1-9H3,(H,39,41)(H,40,43). The van der Waals surface area contributed by atoms with E-state index in [1.807, 2.05) is 6.07 Å². The van der Waals surface area contributed by atoms with E-state index in [1.165, 1.54) is 24.6 Å². The fourth-order valence-corrected chi connectivity index (χ4v) is 4.98. The molecule has 0 aliphatic heterocycles. The number of ether oxygens (including phenoxy) is 3. The van der Waals surface area contributed by atoms with Gasteiger partial charge >= 0.3 is 0 Å². The lowest BCUT2D eigenvalue weighted by molar-refractivity contribution is -0.123. The number of anilines is 2. The molecule has 8 heteroatoms. The summed E-state index contributed by atoms with van der Waals surface area (Å²) in [4.78, 5) is 25.8. The topological polar surface area (TPSA) is 106 Å². The number of hydrogen-bond acceptors (Lipinski definition) is 6. The monoisotopic (exact) mass is 632 g/mol. The fraction of sp³-hybridized carbons (Fsp3) is 0.474. The minimum atomic E-state index is -0.797. The molecule has 3 aromatic carbocycles. The Balaban J connectivity index is 2.02. The fourth-order valence-electron chi connectivity index (χ4n) is 4.98. The third-order valence-corrected chi connectivity index (χ3v) is 8.84. The number of phenols is 1. The number of methoxy groups -OCH3 is 1. The molecule has 0 saturated carbocycles. The number of unbranched alkanes of at least 4 members (excludes halogenated alkanes) is 2. The summed E-state index contributed by atoms with van der Waals surface area (Å²) in [5, 5.41) is 16.3. The van der Waals surface area contributed by atoms with Crippen LogP contribution in [0.15, 0.2) is 54.6 Å². The SMILES string of the molecule is CCCCCC(Oc1ccc(C(C)(C)CC)cc1C(C)(C)CC)C(=O)Nc1cc(O)c(NC(C)=O)cc1Oc1ccc(OC)cc1. The first-order valence-corrected chi connectivity index (χ1v) is 16.3. The minimum absolute atomic E-state index is 0.000694. The van der Waals surface area contributed by atoms with Gasteiger partial charge in [-0.25, -0.2) is 0 Å². The zero-order valence-corrected chi connectivity index (χ0v) is 29.0. The molecule has 8 nitrogen and oxygen atoms in total. The van der Waals surface area contributed by atoms with Crippen LogP contribution >= 0.6 is 0 Å². The van der Waals surface area contributed by atoms with E-state index in [-0.39, 0.29) is 45.5 Å². The van der Waals surface area contributed by atoms with Crippen LogP contribution in [-0.4, -0.2) is 30.1 Å². The number of carbonyl (C=O) groups is 2. The van der Waals surface area contributed by atoms with Crippen LogP contribution in [0.4, 0.5) is 11.4 Å². The molecule has 0 saturated heterocycles. The van der Waals surface area contributed by atoms with Gasteiger partial charge in [-0.2, -0.15) is 0 Å². The van der Waals surface area contributed by atoms with Gasteiger partial charge in [0.15, 0.2) is 11.9 Å². The van der Waals surface area contributed by atoms with E-state index in [9.17, 15) is 14.7 Å². The lowest BCUT2D eigenvalue weighted by Crippen LogP contribution is -2.34. The van der Waals surface area contributed by atoms with Crippen LogP contribution in [-0.2, 0) is 20.4 Å². The van der Waals surface area contributed by atoms with Crippen LogP contribution < -0.4 is 24.8 Å². The summed E-state index contributed by atoms with van der Waals surface area (Å²) in [6, 6.07) is 16.2. The minimum Gasteiger partial charge on any atom is -0.506 e. The van der Waals surface area contributed by atoms with E-state index in [0.717, 1.165) is 37.7 Å². The maximum absolute atomic E-state index is 14.0. The Labute approximate surface area is 274 Å². The molecule has 3 aromatic rings. The zero-order chi connectivity index (χ0) is 34.1. The van der Waals surface area contributed by atoms with Gasteiger partial charge in [-0.15, -0.1) is 0 Å². The maximum atomic E-state index is 14.0. The largest absolute Gasteiger partial charge is 0.506 e. The van der Waals surface area contributed by atoms with E-state index in [4.69, 9.17) is 14.2 Å².